The third-order valence-corrected chi connectivity index (χ3v) is 6.24. The summed E-state index contributed by atoms with van der Waals surface area (Å²) in [6.45, 7) is 10.3. The lowest BCUT2D eigenvalue weighted by Crippen LogP contribution is -2.14. The highest BCUT2D eigenvalue weighted by molar-refractivity contribution is 5.26. The fourth-order valence-electron chi connectivity index (χ4n) is 3.96. The Kier molecular flexibility index (Phi) is 20.1. The van der Waals surface area contributed by atoms with Crippen LogP contribution in [-0.4, -0.2) is 106 Å². The minimum atomic E-state index is 0.511. The van der Waals surface area contributed by atoms with Crippen LogP contribution in [-0.2, 0) is 73.8 Å². The van der Waals surface area contributed by atoms with Crippen LogP contribution in [0.25, 0.3) is 0 Å². The third-order valence-electron chi connectivity index (χ3n) is 6.24. The molecule has 3 rings (SSSR count). The monoisotopic (exact) mass is 592 g/mol. The van der Waals surface area contributed by atoms with Crippen LogP contribution in [0.5, 0.6) is 0 Å². The minimum absolute atomic E-state index is 0.511. The van der Waals surface area contributed by atoms with Crippen LogP contribution in [0.4, 0.5) is 0 Å². The zero-order valence-corrected chi connectivity index (χ0v) is 24.8. The molecule has 2 aromatic carbocycles. The predicted molar refractivity (Wildman–Crippen MR) is 156 cm³/mol. The Bertz CT molecular complexity index is 769. The first-order chi connectivity index (χ1) is 20.9. The molecule has 0 saturated carbocycles. The van der Waals surface area contributed by atoms with E-state index in [2.05, 4.69) is 24.3 Å². The van der Waals surface area contributed by atoms with E-state index in [4.69, 9.17) is 47.4 Å². The van der Waals surface area contributed by atoms with E-state index in [-0.39, 0.29) is 0 Å². The van der Waals surface area contributed by atoms with Gasteiger partial charge in [-0.05, 0) is 22.3 Å². The molecule has 42 heavy (non-hydrogen) atoms. The van der Waals surface area contributed by atoms with Crippen LogP contribution < -0.4 is 0 Å². The molecule has 2 aromatic rings. The van der Waals surface area contributed by atoms with Gasteiger partial charge < -0.3 is 47.4 Å². The fraction of sp³-hybridized carbons (Fsp3) is 0.625. The van der Waals surface area contributed by atoms with Gasteiger partial charge in [0.2, 0.25) is 0 Å². The molecule has 0 saturated heterocycles. The molecule has 0 aliphatic carbocycles. The molecule has 1 aliphatic rings. The summed E-state index contributed by atoms with van der Waals surface area (Å²) in [5, 5.41) is 0. The van der Waals surface area contributed by atoms with Crippen LogP contribution in [0.3, 0.4) is 0 Å². The number of ether oxygens (including phenoxy) is 10. The molecule has 0 atom stereocenters. The molecule has 0 amide bonds. The summed E-state index contributed by atoms with van der Waals surface area (Å²) >= 11 is 0. The summed E-state index contributed by atoms with van der Waals surface area (Å²) in [5.41, 5.74) is 4.43. The molecule has 0 bridgehead atoms. The van der Waals surface area contributed by atoms with E-state index in [1.807, 2.05) is 24.3 Å². The topological polar surface area (TPSA) is 92.3 Å². The first-order valence-electron chi connectivity index (χ1n) is 14.8. The summed E-state index contributed by atoms with van der Waals surface area (Å²) in [7, 11) is 0. The number of rotatable bonds is 0. The van der Waals surface area contributed by atoms with Crippen molar-refractivity contribution in [2.24, 2.45) is 0 Å². The van der Waals surface area contributed by atoms with Crippen molar-refractivity contribution >= 4 is 0 Å². The third kappa shape index (κ3) is 16.6. The van der Waals surface area contributed by atoms with Gasteiger partial charge >= 0.3 is 0 Å². The maximum absolute atomic E-state index is 5.80. The van der Waals surface area contributed by atoms with Crippen molar-refractivity contribution in [2.45, 2.75) is 26.4 Å². The Hall–Kier alpha value is -1.96. The van der Waals surface area contributed by atoms with Gasteiger partial charge in [0.25, 0.3) is 0 Å². The molecule has 0 spiro atoms. The summed E-state index contributed by atoms with van der Waals surface area (Å²) in [6.07, 6.45) is 0. The zero-order valence-electron chi connectivity index (χ0n) is 24.8. The smallest absolute Gasteiger partial charge is 0.0721 e. The predicted octanol–water partition coefficient (Wildman–Crippen LogP) is 3.57. The molecule has 0 unspecified atom stereocenters. The minimum Gasteiger partial charge on any atom is -0.377 e. The summed E-state index contributed by atoms with van der Waals surface area (Å²) in [4.78, 5) is 0. The van der Waals surface area contributed by atoms with Crippen LogP contribution in [0, 0.1) is 0 Å². The van der Waals surface area contributed by atoms with Gasteiger partial charge in [0, 0.05) is 0 Å². The Morgan fingerprint density at radius 3 is 0.595 bits per heavy atom. The zero-order chi connectivity index (χ0) is 29.2. The number of hydrogen-bond acceptors (Lipinski definition) is 10. The molecule has 10 nitrogen and oxygen atoms in total. The molecule has 0 fully saturated rings. The van der Waals surface area contributed by atoms with E-state index in [0.29, 0.717) is 132 Å². The van der Waals surface area contributed by atoms with Crippen molar-refractivity contribution < 1.29 is 47.4 Å². The van der Waals surface area contributed by atoms with Gasteiger partial charge in [-0.3, -0.25) is 0 Å². The van der Waals surface area contributed by atoms with Crippen molar-refractivity contribution in [3.05, 3.63) is 70.8 Å². The fourth-order valence-corrected chi connectivity index (χ4v) is 3.96. The van der Waals surface area contributed by atoms with E-state index in [9.17, 15) is 0 Å². The average Bonchev–Trinajstić information content (AvgIpc) is 3.01. The first kappa shape index (κ1) is 34.5. The highest BCUT2D eigenvalue weighted by Crippen LogP contribution is 2.12. The van der Waals surface area contributed by atoms with Crippen molar-refractivity contribution in [3.63, 3.8) is 0 Å². The van der Waals surface area contributed by atoms with Crippen molar-refractivity contribution in [2.75, 3.05) is 106 Å². The van der Waals surface area contributed by atoms with Gasteiger partial charge in [0.05, 0.1) is 132 Å². The maximum Gasteiger partial charge on any atom is 0.0721 e. The standard InChI is InChI=1S/C32H48O10/c1-2-6-30-26-40-22-18-36-14-10-34-12-16-38-20-24-42-28-32-8-4-3-7-31(32)27-41-23-19-37-15-11-33-9-13-35-17-21-39-25-29(30)5-1/h1-8H,9-28H2. The van der Waals surface area contributed by atoms with E-state index >= 15 is 0 Å². The molecule has 0 radical (unpaired) electrons. The highest BCUT2D eigenvalue weighted by atomic mass is 16.6. The van der Waals surface area contributed by atoms with Gasteiger partial charge in [-0.1, -0.05) is 48.5 Å². The quantitative estimate of drug-likeness (QED) is 0.452. The molecule has 0 N–H and O–H groups in total. The Morgan fingerprint density at radius 1 is 0.238 bits per heavy atom. The first-order valence-corrected chi connectivity index (χ1v) is 14.8. The summed E-state index contributed by atoms with van der Waals surface area (Å²) in [5.74, 6) is 0. The molecule has 10 heteroatoms. The number of benzene rings is 2. The Balaban J connectivity index is 1.33. The molecule has 0 aromatic heterocycles. The normalized spacial score (nSPS) is 20.4. The molecule has 236 valence electrons. The second-order valence-electron chi connectivity index (χ2n) is 9.42. The lowest BCUT2D eigenvalue weighted by atomic mass is 10.1. The van der Waals surface area contributed by atoms with E-state index in [0.717, 1.165) is 22.3 Å². The van der Waals surface area contributed by atoms with Gasteiger partial charge in [-0.15, -0.1) is 0 Å². The number of hydrogen-bond donors (Lipinski definition) is 0. The largest absolute Gasteiger partial charge is 0.377 e. The van der Waals surface area contributed by atoms with Crippen LogP contribution in [0.15, 0.2) is 48.5 Å². The SMILES string of the molecule is c1ccc2c(c1)COCCOCCOCCOCCOCc1ccccc1COCCOCCOCCOCCOC2. The van der Waals surface area contributed by atoms with Gasteiger partial charge in [-0.2, -0.15) is 0 Å². The molecule has 1 heterocycles. The van der Waals surface area contributed by atoms with Gasteiger partial charge in [0.1, 0.15) is 0 Å². The lowest BCUT2D eigenvalue weighted by molar-refractivity contribution is -0.0161. The molecular weight excluding hydrogens is 544 g/mol. The highest BCUT2D eigenvalue weighted by Gasteiger charge is 2.04. The molecular formula is C32H48O10. The Labute approximate surface area is 250 Å². The number of fused-ring (bicyclic) bond motifs is 2. The van der Waals surface area contributed by atoms with Crippen LogP contribution >= 0.6 is 0 Å². The van der Waals surface area contributed by atoms with Crippen molar-refractivity contribution in [3.8, 4) is 0 Å². The maximum atomic E-state index is 5.80. The van der Waals surface area contributed by atoms with Crippen molar-refractivity contribution in [1.29, 1.82) is 0 Å². The van der Waals surface area contributed by atoms with E-state index in [1.165, 1.54) is 0 Å². The summed E-state index contributed by atoms with van der Waals surface area (Å²) in [6, 6.07) is 16.2. The second kappa shape index (κ2) is 24.5. The summed E-state index contributed by atoms with van der Waals surface area (Å²) < 4.78 is 56.7. The van der Waals surface area contributed by atoms with E-state index < -0.39 is 0 Å². The Morgan fingerprint density at radius 2 is 0.405 bits per heavy atom. The lowest BCUT2D eigenvalue weighted by Gasteiger charge is -2.12. The van der Waals surface area contributed by atoms with E-state index in [1.54, 1.807) is 0 Å². The van der Waals surface area contributed by atoms with Crippen LogP contribution in [0.2, 0.25) is 0 Å². The molecule has 1 aliphatic heterocycles. The van der Waals surface area contributed by atoms with Gasteiger partial charge in [0.15, 0.2) is 0 Å². The van der Waals surface area contributed by atoms with Crippen molar-refractivity contribution in [1.82, 2.24) is 0 Å². The van der Waals surface area contributed by atoms with Gasteiger partial charge in [-0.25, -0.2) is 0 Å². The van der Waals surface area contributed by atoms with Crippen LogP contribution in [0.1, 0.15) is 22.3 Å². The average molecular weight is 593 g/mol. The second-order valence-corrected chi connectivity index (χ2v) is 9.42.